The first kappa shape index (κ1) is 25.7. The summed E-state index contributed by atoms with van der Waals surface area (Å²) in [5, 5.41) is 6.08. The van der Waals surface area contributed by atoms with E-state index >= 15 is 0 Å². The van der Waals surface area contributed by atoms with E-state index in [4.69, 9.17) is 4.74 Å². The lowest BCUT2D eigenvalue weighted by atomic mass is 10.2. The highest BCUT2D eigenvalue weighted by Gasteiger charge is 2.08. The second-order valence-electron chi connectivity index (χ2n) is 6.63. The van der Waals surface area contributed by atoms with Crippen LogP contribution in [0.25, 0.3) is 0 Å². The number of carbonyl (C=O) groups excluding carboxylic acids is 1. The molecule has 30 heavy (non-hydrogen) atoms. The van der Waals surface area contributed by atoms with Gasteiger partial charge in [0.1, 0.15) is 11.6 Å². The molecule has 0 aliphatic heterocycles. The van der Waals surface area contributed by atoms with Crippen molar-refractivity contribution in [2.75, 3.05) is 32.1 Å². The molecule has 0 saturated carbocycles. The van der Waals surface area contributed by atoms with Crippen molar-refractivity contribution in [1.82, 2.24) is 15.2 Å². The van der Waals surface area contributed by atoms with Crippen LogP contribution in [0, 0.1) is 6.92 Å². The predicted molar refractivity (Wildman–Crippen MR) is 133 cm³/mol. The largest absolute Gasteiger partial charge is 0.494 e. The summed E-state index contributed by atoms with van der Waals surface area (Å²) in [6.45, 7) is 8.40. The summed E-state index contributed by atoms with van der Waals surface area (Å²) in [6, 6.07) is 13.6. The van der Waals surface area contributed by atoms with Gasteiger partial charge >= 0.3 is 0 Å². The maximum Gasteiger partial charge on any atom is 0.227 e. The van der Waals surface area contributed by atoms with Gasteiger partial charge in [-0.15, -0.1) is 24.0 Å². The van der Waals surface area contributed by atoms with Crippen molar-refractivity contribution in [2.24, 2.45) is 4.99 Å². The number of pyridine rings is 1. The zero-order valence-electron chi connectivity index (χ0n) is 18.1. The van der Waals surface area contributed by atoms with Crippen molar-refractivity contribution in [3.05, 3.63) is 53.7 Å². The summed E-state index contributed by atoms with van der Waals surface area (Å²) in [4.78, 5) is 23.0. The highest BCUT2D eigenvalue weighted by molar-refractivity contribution is 14.0. The van der Waals surface area contributed by atoms with Gasteiger partial charge in [0.15, 0.2) is 5.96 Å². The zero-order valence-corrected chi connectivity index (χ0v) is 20.5. The lowest BCUT2D eigenvalue weighted by Gasteiger charge is -2.22. The smallest absolute Gasteiger partial charge is 0.227 e. The quantitative estimate of drug-likeness (QED) is 0.296. The predicted octanol–water partition coefficient (Wildman–Crippen LogP) is 3.83. The molecule has 0 bridgehead atoms. The zero-order chi connectivity index (χ0) is 21.1. The van der Waals surface area contributed by atoms with Gasteiger partial charge < -0.3 is 20.3 Å². The number of aliphatic imine (C=N–C) groups is 1. The Morgan fingerprint density at radius 1 is 1.17 bits per heavy atom. The minimum atomic E-state index is -0.100. The van der Waals surface area contributed by atoms with Gasteiger partial charge in [-0.05, 0) is 50.6 Å². The number of hydrogen-bond donors (Lipinski definition) is 2. The summed E-state index contributed by atoms with van der Waals surface area (Å²) in [6.07, 6.45) is 0.293. The van der Waals surface area contributed by atoms with E-state index in [1.54, 1.807) is 6.07 Å². The van der Waals surface area contributed by atoms with Crippen LogP contribution in [0.2, 0.25) is 0 Å². The highest BCUT2D eigenvalue weighted by atomic mass is 127. The Balaban J connectivity index is 0.00000450. The van der Waals surface area contributed by atoms with Gasteiger partial charge in [0.25, 0.3) is 0 Å². The van der Waals surface area contributed by atoms with Crippen molar-refractivity contribution in [3.8, 4) is 5.75 Å². The molecule has 0 radical (unpaired) electrons. The number of halogens is 1. The maximum absolute atomic E-state index is 12.1. The van der Waals surface area contributed by atoms with Crippen LogP contribution in [-0.2, 0) is 11.3 Å². The van der Waals surface area contributed by atoms with Crippen LogP contribution in [0.4, 0.5) is 5.82 Å². The lowest BCUT2D eigenvalue weighted by molar-refractivity contribution is -0.116. The van der Waals surface area contributed by atoms with Crippen molar-refractivity contribution < 1.29 is 9.53 Å². The van der Waals surface area contributed by atoms with Gasteiger partial charge in [-0.25, -0.2) is 4.98 Å². The summed E-state index contributed by atoms with van der Waals surface area (Å²) in [5.41, 5.74) is 2.02. The fraction of sp³-hybridized carbons (Fsp3) is 0.409. The van der Waals surface area contributed by atoms with Crippen LogP contribution in [0.1, 0.15) is 31.5 Å². The van der Waals surface area contributed by atoms with Crippen molar-refractivity contribution in [1.29, 1.82) is 0 Å². The molecule has 7 nitrogen and oxygen atoms in total. The van der Waals surface area contributed by atoms with Gasteiger partial charge in [0.2, 0.25) is 5.91 Å². The van der Waals surface area contributed by atoms with Crippen LogP contribution in [0.15, 0.2) is 47.5 Å². The minimum absolute atomic E-state index is 0. The third-order valence-corrected chi connectivity index (χ3v) is 4.11. The third-order valence-electron chi connectivity index (χ3n) is 4.11. The van der Waals surface area contributed by atoms with Gasteiger partial charge in [0.05, 0.1) is 13.2 Å². The van der Waals surface area contributed by atoms with Gasteiger partial charge in [-0.3, -0.25) is 9.79 Å². The molecule has 164 valence electrons. The topological polar surface area (TPSA) is 78.8 Å². The van der Waals surface area contributed by atoms with Crippen LogP contribution in [0.5, 0.6) is 5.75 Å². The molecule has 0 unspecified atom stereocenters. The second-order valence-corrected chi connectivity index (χ2v) is 6.63. The molecule has 0 aliphatic rings. The maximum atomic E-state index is 12.1. The van der Waals surface area contributed by atoms with E-state index < -0.39 is 0 Å². The van der Waals surface area contributed by atoms with Crippen LogP contribution in [-0.4, -0.2) is 48.5 Å². The number of nitrogens with one attached hydrogen (secondary N) is 2. The first-order valence-electron chi connectivity index (χ1n) is 9.96. The average Bonchev–Trinajstić information content (AvgIpc) is 2.69. The number of carbonyl (C=O) groups is 1. The Bertz CT molecular complexity index is 811. The number of anilines is 1. The number of amides is 1. The normalized spacial score (nSPS) is 10.7. The van der Waals surface area contributed by atoms with Crippen LogP contribution < -0.4 is 15.4 Å². The fourth-order valence-electron chi connectivity index (χ4n) is 2.76. The second kappa shape index (κ2) is 13.8. The van der Waals surface area contributed by atoms with E-state index in [9.17, 15) is 4.79 Å². The molecule has 1 heterocycles. The SMILES string of the molecule is CCNC(=NCCC(=O)Nc1cccc(C)n1)N(C)Cc1ccc(OCC)cc1.I. The molecule has 1 aromatic heterocycles. The molecular weight excluding hydrogens is 493 g/mol. The van der Waals surface area contributed by atoms with Crippen molar-refractivity contribution >= 4 is 41.7 Å². The van der Waals surface area contributed by atoms with Gasteiger partial charge in [-0.2, -0.15) is 0 Å². The highest BCUT2D eigenvalue weighted by Crippen LogP contribution is 2.13. The van der Waals surface area contributed by atoms with Crippen molar-refractivity contribution in [3.63, 3.8) is 0 Å². The van der Waals surface area contributed by atoms with Crippen LogP contribution >= 0.6 is 24.0 Å². The first-order chi connectivity index (χ1) is 14.0. The number of aryl methyl sites for hydroxylation is 1. The molecule has 8 heteroatoms. The fourth-order valence-corrected chi connectivity index (χ4v) is 2.76. The molecule has 0 aliphatic carbocycles. The number of hydrogen-bond acceptors (Lipinski definition) is 4. The summed E-state index contributed by atoms with van der Waals surface area (Å²) >= 11 is 0. The average molecular weight is 525 g/mol. The van der Waals surface area contributed by atoms with E-state index in [2.05, 4.69) is 20.6 Å². The Labute approximate surface area is 196 Å². The Kier molecular flexibility index (Phi) is 11.8. The molecule has 2 rings (SSSR count). The first-order valence-corrected chi connectivity index (χ1v) is 9.96. The number of rotatable bonds is 9. The number of aromatic nitrogens is 1. The summed E-state index contributed by atoms with van der Waals surface area (Å²) in [7, 11) is 1.98. The Hall–Kier alpha value is -2.36. The monoisotopic (exact) mass is 525 g/mol. The number of nitrogens with zero attached hydrogens (tertiary/aromatic N) is 3. The Morgan fingerprint density at radius 2 is 1.90 bits per heavy atom. The van der Waals surface area contributed by atoms with E-state index in [0.29, 0.717) is 31.9 Å². The molecule has 2 N–H and O–H groups in total. The van der Waals surface area contributed by atoms with E-state index in [1.165, 1.54) is 0 Å². The standard InChI is InChI=1S/C22H31N5O2.HI/c1-5-23-22(27(4)16-18-10-12-19(13-11-18)29-6-2)24-15-14-21(28)26-20-9-7-8-17(3)25-20;/h7-13H,5-6,14-16H2,1-4H3,(H,23,24)(H,25,26,28);1H. The third kappa shape index (κ3) is 8.98. The number of benzene rings is 1. The van der Waals surface area contributed by atoms with Gasteiger partial charge in [0, 0.05) is 32.3 Å². The number of ether oxygens (including phenoxy) is 1. The van der Waals surface area contributed by atoms with Gasteiger partial charge in [-0.1, -0.05) is 18.2 Å². The number of guanidine groups is 1. The van der Waals surface area contributed by atoms with E-state index in [0.717, 1.165) is 29.5 Å². The molecular formula is C22H32IN5O2. The van der Waals surface area contributed by atoms with E-state index in [1.807, 2.05) is 69.1 Å². The van der Waals surface area contributed by atoms with Crippen LogP contribution in [0.3, 0.4) is 0 Å². The summed E-state index contributed by atoms with van der Waals surface area (Å²) in [5.74, 6) is 2.10. The molecule has 0 atom stereocenters. The molecule has 0 fully saturated rings. The molecule has 1 aromatic carbocycles. The molecule has 0 saturated heterocycles. The van der Waals surface area contributed by atoms with Crippen molar-refractivity contribution in [2.45, 2.75) is 33.7 Å². The minimum Gasteiger partial charge on any atom is -0.494 e. The lowest BCUT2D eigenvalue weighted by Crippen LogP contribution is -2.38. The molecule has 0 spiro atoms. The molecule has 1 amide bonds. The Morgan fingerprint density at radius 3 is 2.53 bits per heavy atom. The van der Waals surface area contributed by atoms with E-state index in [-0.39, 0.29) is 29.9 Å². The summed E-state index contributed by atoms with van der Waals surface area (Å²) < 4.78 is 5.48. The molecule has 2 aromatic rings.